The van der Waals surface area contributed by atoms with E-state index < -0.39 is 35.1 Å². The van der Waals surface area contributed by atoms with Gasteiger partial charge in [0.1, 0.15) is 6.10 Å². The SMILES string of the molecule is CCOC(=O)[C@H]1[C@H]([N+](=O)[O-])[C@@H]2C=C[C@H]1O2. The molecule has 1 saturated heterocycles. The molecule has 0 aliphatic carbocycles. The molecular formula is C9H11NO5. The van der Waals surface area contributed by atoms with Crippen LogP contribution in [0.15, 0.2) is 12.2 Å². The predicted octanol–water partition coefficient (Wildman–Crippen LogP) is 0.148. The van der Waals surface area contributed by atoms with E-state index in [1.807, 2.05) is 0 Å². The van der Waals surface area contributed by atoms with Crippen molar-refractivity contribution in [2.75, 3.05) is 6.61 Å². The third-order valence-electron chi connectivity index (χ3n) is 2.67. The Morgan fingerprint density at radius 2 is 2.20 bits per heavy atom. The van der Waals surface area contributed by atoms with E-state index in [2.05, 4.69) is 0 Å². The van der Waals surface area contributed by atoms with Crippen LogP contribution in [0.2, 0.25) is 0 Å². The Bertz CT molecular complexity index is 326. The largest absolute Gasteiger partial charge is 0.465 e. The molecule has 15 heavy (non-hydrogen) atoms. The van der Waals surface area contributed by atoms with Gasteiger partial charge in [-0.2, -0.15) is 0 Å². The van der Waals surface area contributed by atoms with Gasteiger partial charge in [0.05, 0.1) is 12.7 Å². The zero-order valence-corrected chi connectivity index (χ0v) is 8.16. The molecule has 0 amide bonds. The second-order valence-electron chi connectivity index (χ2n) is 3.50. The summed E-state index contributed by atoms with van der Waals surface area (Å²) in [6.45, 7) is 1.89. The first-order chi connectivity index (χ1) is 7.15. The molecule has 0 spiro atoms. The first-order valence-corrected chi connectivity index (χ1v) is 4.79. The van der Waals surface area contributed by atoms with Crippen LogP contribution in [-0.2, 0) is 14.3 Å². The van der Waals surface area contributed by atoms with Gasteiger partial charge in [-0.25, -0.2) is 0 Å². The molecule has 0 aromatic heterocycles. The monoisotopic (exact) mass is 213 g/mol. The number of ether oxygens (including phenoxy) is 2. The molecule has 2 bridgehead atoms. The smallest absolute Gasteiger partial charge is 0.319 e. The van der Waals surface area contributed by atoms with E-state index >= 15 is 0 Å². The Labute approximate surface area is 86.0 Å². The van der Waals surface area contributed by atoms with Crippen LogP contribution in [0.1, 0.15) is 6.92 Å². The minimum atomic E-state index is -1.00. The van der Waals surface area contributed by atoms with Crippen molar-refractivity contribution in [2.45, 2.75) is 25.2 Å². The molecule has 4 atom stereocenters. The van der Waals surface area contributed by atoms with Crippen LogP contribution in [0.4, 0.5) is 0 Å². The Hall–Kier alpha value is -1.43. The minimum Gasteiger partial charge on any atom is -0.465 e. The van der Waals surface area contributed by atoms with Crippen molar-refractivity contribution in [1.29, 1.82) is 0 Å². The zero-order chi connectivity index (χ0) is 11.0. The molecular weight excluding hydrogens is 202 g/mol. The van der Waals surface area contributed by atoms with Crippen molar-refractivity contribution in [3.8, 4) is 0 Å². The van der Waals surface area contributed by atoms with Gasteiger partial charge >= 0.3 is 5.97 Å². The van der Waals surface area contributed by atoms with E-state index in [-0.39, 0.29) is 6.61 Å². The zero-order valence-electron chi connectivity index (χ0n) is 8.16. The van der Waals surface area contributed by atoms with Crippen LogP contribution in [0, 0.1) is 16.0 Å². The molecule has 2 aliphatic heterocycles. The van der Waals surface area contributed by atoms with Crippen LogP contribution in [-0.4, -0.2) is 35.7 Å². The summed E-state index contributed by atoms with van der Waals surface area (Å²) in [6.07, 6.45) is 2.24. The Balaban J connectivity index is 2.19. The maximum Gasteiger partial charge on any atom is 0.319 e. The van der Waals surface area contributed by atoms with Crippen molar-refractivity contribution in [1.82, 2.24) is 0 Å². The third-order valence-corrected chi connectivity index (χ3v) is 2.67. The van der Waals surface area contributed by atoms with Gasteiger partial charge in [0.15, 0.2) is 5.92 Å². The van der Waals surface area contributed by atoms with E-state index in [9.17, 15) is 14.9 Å². The van der Waals surface area contributed by atoms with Crippen molar-refractivity contribution in [2.24, 2.45) is 5.92 Å². The molecule has 2 heterocycles. The number of carbonyl (C=O) groups is 1. The van der Waals surface area contributed by atoms with Crippen molar-refractivity contribution in [3.63, 3.8) is 0 Å². The van der Waals surface area contributed by atoms with Crippen LogP contribution in [0.25, 0.3) is 0 Å². The average molecular weight is 213 g/mol. The number of fused-ring (bicyclic) bond motifs is 2. The summed E-state index contributed by atoms with van der Waals surface area (Å²) in [4.78, 5) is 21.8. The lowest BCUT2D eigenvalue weighted by molar-refractivity contribution is -0.530. The maximum atomic E-state index is 11.5. The highest BCUT2D eigenvalue weighted by molar-refractivity contribution is 5.75. The van der Waals surface area contributed by atoms with E-state index in [0.717, 1.165) is 0 Å². The first kappa shape index (κ1) is 10.1. The minimum absolute atomic E-state index is 0.223. The fraction of sp³-hybridized carbons (Fsp3) is 0.667. The van der Waals surface area contributed by atoms with E-state index in [4.69, 9.17) is 9.47 Å². The summed E-state index contributed by atoms with van der Waals surface area (Å²) >= 11 is 0. The molecule has 0 aromatic rings. The number of esters is 1. The van der Waals surface area contributed by atoms with Gasteiger partial charge in [0.25, 0.3) is 6.04 Å². The summed E-state index contributed by atoms with van der Waals surface area (Å²) < 4.78 is 10.1. The molecule has 6 heteroatoms. The normalized spacial score (nSPS) is 36.9. The number of carbonyl (C=O) groups excluding carboxylic acids is 1. The van der Waals surface area contributed by atoms with Crippen LogP contribution < -0.4 is 0 Å². The molecule has 82 valence electrons. The van der Waals surface area contributed by atoms with E-state index in [1.54, 1.807) is 19.1 Å². The molecule has 0 saturated carbocycles. The molecule has 0 aromatic carbocycles. The van der Waals surface area contributed by atoms with Gasteiger partial charge in [-0.3, -0.25) is 14.9 Å². The number of hydrogen-bond acceptors (Lipinski definition) is 5. The lowest BCUT2D eigenvalue weighted by Gasteiger charge is -2.16. The van der Waals surface area contributed by atoms with Gasteiger partial charge in [0.2, 0.25) is 0 Å². The molecule has 2 rings (SSSR count). The first-order valence-electron chi connectivity index (χ1n) is 4.79. The summed E-state index contributed by atoms with van der Waals surface area (Å²) in [5.41, 5.74) is 0. The number of nitrogens with zero attached hydrogens (tertiary/aromatic N) is 1. The lowest BCUT2D eigenvalue weighted by atomic mass is 9.89. The summed E-state index contributed by atoms with van der Waals surface area (Å²) in [5, 5.41) is 10.8. The van der Waals surface area contributed by atoms with Crippen LogP contribution in [0.3, 0.4) is 0 Å². The van der Waals surface area contributed by atoms with Gasteiger partial charge in [0, 0.05) is 4.92 Å². The average Bonchev–Trinajstić information content (AvgIpc) is 2.76. The Kier molecular flexibility index (Phi) is 2.44. The summed E-state index contributed by atoms with van der Waals surface area (Å²) in [6, 6.07) is -1.00. The number of nitro groups is 1. The number of rotatable bonds is 3. The van der Waals surface area contributed by atoms with Gasteiger partial charge in [-0.05, 0) is 6.92 Å². The fourth-order valence-corrected chi connectivity index (χ4v) is 2.05. The van der Waals surface area contributed by atoms with Crippen LogP contribution >= 0.6 is 0 Å². The third kappa shape index (κ3) is 1.50. The highest BCUT2D eigenvalue weighted by Crippen LogP contribution is 2.36. The molecule has 0 N–H and O–H groups in total. The number of hydrogen-bond donors (Lipinski definition) is 0. The highest BCUT2D eigenvalue weighted by Gasteiger charge is 2.57. The lowest BCUT2D eigenvalue weighted by Crippen LogP contribution is -2.41. The molecule has 0 unspecified atom stereocenters. The standard InChI is InChI=1S/C9H11NO5/c1-2-14-9(11)7-5-3-4-6(15-5)8(7)10(12)13/h3-8H,2H2,1H3/t5-,6+,7-,8-/m1/s1. The van der Waals surface area contributed by atoms with Gasteiger partial charge in [-0.1, -0.05) is 12.2 Å². The Morgan fingerprint density at radius 1 is 1.53 bits per heavy atom. The second-order valence-corrected chi connectivity index (χ2v) is 3.50. The van der Waals surface area contributed by atoms with Gasteiger partial charge < -0.3 is 9.47 Å². The molecule has 0 radical (unpaired) electrons. The van der Waals surface area contributed by atoms with E-state index in [1.165, 1.54) is 0 Å². The molecule has 2 aliphatic rings. The predicted molar refractivity (Wildman–Crippen MR) is 48.7 cm³/mol. The molecule has 1 fully saturated rings. The van der Waals surface area contributed by atoms with Crippen molar-refractivity contribution < 1.29 is 19.2 Å². The Morgan fingerprint density at radius 3 is 2.80 bits per heavy atom. The van der Waals surface area contributed by atoms with Crippen molar-refractivity contribution in [3.05, 3.63) is 22.3 Å². The topological polar surface area (TPSA) is 78.7 Å². The highest BCUT2D eigenvalue weighted by atomic mass is 16.6. The van der Waals surface area contributed by atoms with Crippen LogP contribution in [0.5, 0.6) is 0 Å². The quantitative estimate of drug-likeness (QED) is 0.288. The van der Waals surface area contributed by atoms with Crippen molar-refractivity contribution >= 4 is 5.97 Å². The summed E-state index contributed by atoms with van der Waals surface area (Å²) in [5.74, 6) is -1.34. The van der Waals surface area contributed by atoms with E-state index in [0.29, 0.717) is 0 Å². The molecule has 6 nitrogen and oxygen atoms in total. The fourth-order valence-electron chi connectivity index (χ4n) is 2.05. The maximum absolute atomic E-state index is 11.5. The second kappa shape index (κ2) is 3.62. The van der Waals surface area contributed by atoms with Gasteiger partial charge in [-0.15, -0.1) is 0 Å². The summed E-state index contributed by atoms with van der Waals surface area (Å²) in [7, 11) is 0.